The van der Waals surface area contributed by atoms with E-state index in [1.165, 1.54) is 0 Å². The second-order valence-corrected chi connectivity index (χ2v) is 3.86. The van der Waals surface area contributed by atoms with Crippen LogP contribution in [-0.4, -0.2) is 11.2 Å². The smallest absolute Gasteiger partial charge is 0.143 e. The normalized spacial score (nSPS) is 14.8. The quantitative estimate of drug-likeness (QED) is 0.730. The Morgan fingerprint density at radius 3 is 2.87 bits per heavy atom. The van der Waals surface area contributed by atoms with Gasteiger partial charge in [-0.2, -0.15) is 0 Å². The fourth-order valence-electron chi connectivity index (χ4n) is 2.10. The number of hydrogen-bond donors (Lipinski definition) is 0. The van der Waals surface area contributed by atoms with Crippen molar-refractivity contribution < 1.29 is 9.13 Å². The van der Waals surface area contributed by atoms with Crippen LogP contribution in [0.4, 0.5) is 4.39 Å². The number of fused-ring (bicyclic) bond motifs is 1. The molecule has 0 spiro atoms. The fraction of sp³-hybridized carbons (Fsp3) is 0.500. The molecule has 0 bridgehead atoms. The van der Waals surface area contributed by atoms with E-state index in [2.05, 4.69) is 0 Å². The molecule has 0 aliphatic heterocycles. The summed E-state index contributed by atoms with van der Waals surface area (Å²) in [5.41, 5.74) is 3.19. The van der Waals surface area contributed by atoms with Crippen molar-refractivity contribution >= 4 is 6.08 Å². The van der Waals surface area contributed by atoms with Gasteiger partial charge in [-0.25, -0.2) is 4.39 Å². The van der Waals surface area contributed by atoms with E-state index in [9.17, 15) is 4.39 Å². The minimum Gasteiger partial charge on any atom is -0.492 e. The van der Waals surface area contributed by atoms with Gasteiger partial charge in [0.25, 0.3) is 0 Å². The van der Waals surface area contributed by atoms with Gasteiger partial charge in [-0.15, -0.1) is 0 Å². The maximum atomic E-state index is 13.2. The predicted molar refractivity (Wildman–Crippen MR) is 58.7 cm³/mol. The monoisotopic (exact) mass is 209 g/mol. The first kappa shape index (κ1) is 10.3. The fourth-order valence-corrected chi connectivity index (χ4v) is 2.10. The second kappa shape index (κ2) is 3.72. The molecule has 1 aromatic heterocycles. The van der Waals surface area contributed by atoms with E-state index in [0.29, 0.717) is 13.0 Å². The predicted octanol–water partition coefficient (Wildman–Crippen LogP) is 2.99. The van der Waals surface area contributed by atoms with Crippen molar-refractivity contribution in [1.82, 2.24) is 4.57 Å². The molecule has 0 amide bonds. The summed E-state index contributed by atoms with van der Waals surface area (Å²) in [5, 5.41) is 0. The van der Waals surface area contributed by atoms with Crippen LogP contribution in [0.5, 0.6) is 5.75 Å². The molecule has 0 fully saturated rings. The molecule has 0 atom stereocenters. The van der Waals surface area contributed by atoms with E-state index < -0.39 is 0 Å². The minimum atomic E-state index is -0.0360. The number of nitrogens with zero attached hydrogens (tertiary/aromatic N) is 1. The summed E-state index contributed by atoms with van der Waals surface area (Å²) in [4.78, 5) is 0. The van der Waals surface area contributed by atoms with Crippen LogP contribution in [0.2, 0.25) is 0 Å². The molecular formula is C12H16FNO. The van der Waals surface area contributed by atoms with Gasteiger partial charge in [0.1, 0.15) is 11.6 Å². The van der Waals surface area contributed by atoms with Crippen LogP contribution in [0.15, 0.2) is 5.83 Å². The van der Waals surface area contributed by atoms with Crippen molar-refractivity contribution in [1.29, 1.82) is 0 Å². The molecule has 1 aliphatic rings. The van der Waals surface area contributed by atoms with Gasteiger partial charge in [0.2, 0.25) is 0 Å². The Hall–Kier alpha value is -1.25. The average molecular weight is 209 g/mol. The van der Waals surface area contributed by atoms with Crippen molar-refractivity contribution in [3.63, 3.8) is 0 Å². The maximum absolute atomic E-state index is 13.2. The topological polar surface area (TPSA) is 14.2 Å². The number of aromatic nitrogens is 1. The van der Waals surface area contributed by atoms with E-state index in [-0.39, 0.29) is 5.83 Å². The van der Waals surface area contributed by atoms with Gasteiger partial charge >= 0.3 is 0 Å². The maximum Gasteiger partial charge on any atom is 0.143 e. The minimum absolute atomic E-state index is 0.0360. The molecule has 0 saturated carbocycles. The zero-order chi connectivity index (χ0) is 11.0. The third kappa shape index (κ3) is 1.56. The van der Waals surface area contributed by atoms with E-state index in [4.69, 9.17) is 4.74 Å². The Balaban J connectivity index is 2.55. The average Bonchev–Trinajstić information content (AvgIpc) is 2.44. The molecule has 1 heterocycles. The van der Waals surface area contributed by atoms with Crippen LogP contribution in [0, 0.1) is 6.92 Å². The van der Waals surface area contributed by atoms with Gasteiger partial charge in [0.05, 0.1) is 18.0 Å². The Labute approximate surface area is 89.4 Å². The summed E-state index contributed by atoms with van der Waals surface area (Å²) in [6.45, 7) is 4.64. The Morgan fingerprint density at radius 2 is 2.20 bits per heavy atom. The number of allylic oxidation sites excluding steroid dienone is 1. The molecule has 2 nitrogen and oxygen atoms in total. The van der Waals surface area contributed by atoms with Crippen molar-refractivity contribution in [2.45, 2.75) is 26.7 Å². The molecule has 82 valence electrons. The van der Waals surface area contributed by atoms with Crippen LogP contribution in [0.25, 0.3) is 6.08 Å². The molecule has 3 heteroatoms. The first-order valence-corrected chi connectivity index (χ1v) is 5.32. The molecule has 0 saturated heterocycles. The third-order valence-corrected chi connectivity index (χ3v) is 2.97. The van der Waals surface area contributed by atoms with Gasteiger partial charge in [0, 0.05) is 19.0 Å². The summed E-state index contributed by atoms with van der Waals surface area (Å²) >= 11 is 0. The number of rotatable bonds is 2. The molecule has 15 heavy (non-hydrogen) atoms. The van der Waals surface area contributed by atoms with Crippen molar-refractivity contribution in [3.05, 3.63) is 22.8 Å². The van der Waals surface area contributed by atoms with E-state index in [1.807, 2.05) is 25.5 Å². The lowest BCUT2D eigenvalue weighted by atomic mass is 10.0. The van der Waals surface area contributed by atoms with Gasteiger partial charge in [-0.05, 0) is 26.3 Å². The largest absolute Gasteiger partial charge is 0.492 e. The number of hydrogen-bond acceptors (Lipinski definition) is 1. The van der Waals surface area contributed by atoms with E-state index in [0.717, 1.165) is 29.1 Å². The van der Waals surface area contributed by atoms with Gasteiger partial charge < -0.3 is 9.30 Å². The Bertz CT molecular complexity index is 418. The van der Waals surface area contributed by atoms with Crippen molar-refractivity contribution in [2.24, 2.45) is 7.05 Å². The van der Waals surface area contributed by atoms with Crippen LogP contribution in [-0.2, 0) is 13.5 Å². The molecule has 2 rings (SSSR count). The Kier molecular flexibility index (Phi) is 2.55. The molecule has 1 aliphatic carbocycles. The van der Waals surface area contributed by atoms with Crippen LogP contribution < -0.4 is 4.74 Å². The van der Waals surface area contributed by atoms with E-state index >= 15 is 0 Å². The zero-order valence-electron chi connectivity index (χ0n) is 9.43. The lowest BCUT2D eigenvalue weighted by molar-refractivity contribution is 0.333. The summed E-state index contributed by atoms with van der Waals surface area (Å²) in [6, 6.07) is 0. The highest BCUT2D eigenvalue weighted by molar-refractivity contribution is 5.62. The molecule has 0 radical (unpaired) electrons. The number of ether oxygens (including phenoxy) is 1. The van der Waals surface area contributed by atoms with Crippen molar-refractivity contribution in [2.75, 3.05) is 6.61 Å². The highest BCUT2D eigenvalue weighted by Gasteiger charge is 2.21. The zero-order valence-corrected chi connectivity index (χ0v) is 9.43. The third-order valence-electron chi connectivity index (χ3n) is 2.97. The first-order chi connectivity index (χ1) is 7.15. The lowest BCUT2D eigenvalue weighted by Gasteiger charge is -2.10. The summed E-state index contributed by atoms with van der Waals surface area (Å²) < 4.78 is 20.8. The lowest BCUT2D eigenvalue weighted by Crippen LogP contribution is -2.00. The SMILES string of the molecule is CCOc1c2c(n(C)c1C)C=C(F)CC2. The van der Waals surface area contributed by atoms with Gasteiger partial charge in [0.15, 0.2) is 0 Å². The standard InChI is InChI=1S/C12H16FNO/c1-4-15-12-8(2)14(3)11-7-9(13)5-6-10(11)12/h7H,4-6H2,1-3H3. The highest BCUT2D eigenvalue weighted by Crippen LogP contribution is 2.36. The Morgan fingerprint density at radius 1 is 1.47 bits per heavy atom. The number of halogens is 1. The van der Waals surface area contributed by atoms with Gasteiger partial charge in [-0.1, -0.05) is 0 Å². The molecule has 1 aromatic rings. The second-order valence-electron chi connectivity index (χ2n) is 3.86. The van der Waals surface area contributed by atoms with E-state index in [1.54, 1.807) is 6.08 Å². The first-order valence-electron chi connectivity index (χ1n) is 5.32. The van der Waals surface area contributed by atoms with Crippen LogP contribution in [0.3, 0.4) is 0 Å². The molecule has 0 aromatic carbocycles. The summed E-state index contributed by atoms with van der Waals surface area (Å²) in [6.07, 6.45) is 2.86. The van der Waals surface area contributed by atoms with Gasteiger partial charge in [-0.3, -0.25) is 0 Å². The molecule has 0 unspecified atom stereocenters. The molecule has 0 N–H and O–H groups in total. The highest BCUT2D eigenvalue weighted by atomic mass is 19.1. The summed E-state index contributed by atoms with van der Waals surface area (Å²) in [7, 11) is 1.95. The molecular weight excluding hydrogens is 193 g/mol. The van der Waals surface area contributed by atoms with Crippen LogP contribution in [0.1, 0.15) is 30.3 Å². The van der Waals surface area contributed by atoms with Crippen molar-refractivity contribution in [3.8, 4) is 5.75 Å². The van der Waals surface area contributed by atoms with Crippen LogP contribution >= 0.6 is 0 Å². The summed E-state index contributed by atoms with van der Waals surface area (Å²) in [5.74, 6) is 0.907.